The Hall–Kier alpha value is -4.12. The summed E-state index contributed by atoms with van der Waals surface area (Å²) < 4.78 is 8.13. The molecule has 4 aromatic carbocycles. The Balaban J connectivity index is 1.43. The summed E-state index contributed by atoms with van der Waals surface area (Å²) in [6.45, 7) is 5.37. The van der Waals surface area contributed by atoms with Crippen LogP contribution in [-0.4, -0.2) is 22.0 Å². The van der Waals surface area contributed by atoms with Crippen molar-refractivity contribution >= 4 is 33.4 Å². The molecule has 0 spiro atoms. The van der Waals surface area contributed by atoms with Gasteiger partial charge in [-0.25, -0.2) is 4.98 Å². The van der Waals surface area contributed by atoms with Crippen LogP contribution in [0.25, 0.3) is 21.8 Å². The lowest BCUT2D eigenvalue weighted by molar-refractivity contribution is -0.119. The fourth-order valence-electron chi connectivity index (χ4n) is 4.36. The lowest BCUT2D eigenvalue weighted by Gasteiger charge is -2.25. The fourth-order valence-corrected chi connectivity index (χ4v) is 4.36. The SMILES string of the molecule is CC(C)CN(C(=O)Cn1c(COc2ccc3ccccc3c2)nc2ccccc21)c1ccccc1. The molecular weight excluding hydrogens is 434 g/mol. The summed E-state index contributed by atoms with van der Waals surface area (Å²) in [5.74, 6) is 1.87. The van der Waals surface area contributed by atoms with Crippen molar-refractivity contribution in [2.24, 2.45) is 5.92 Å². The molecule has 0 aliphatic heterocycles. The molecule has 0 saturated carbocycles. The van der Waals surface area contributed by atoms with Crippen molar-refractivity contribution in [3.05, 3.63) is 103 Å². The van der Waals surface area contributed by atoms with Crippen LogP contribution in [0.4, 0.5) is 5.69 Å². The molecule has 0 N–H and O–H groups in total. The second kappa shape index (κ2) is 10.0. The number of carbonyl (C=O) groups is 1. The van der Waals surface area contributed by atoms with Crippen LogP contribution in [0.1, 0.15) is 19.7 Å². The highest BCUT2D eigenvalue weighted by molar-refractivity contribution is 5.94. The summed E-state index contributed by atoms with van der Waals surface area (Å²) in [7, 11) is 0. The van der Waals surface area contributed by atoms with Gasteiger partial charge in [0.2, 0.25) is 5.91 Å². The molecule has 35 heavy (non-hydrogen) atoms. The zero-order valence-corrected chi connectivity index (χ0v) is 20.1. The van der Waals surface area contributed by atoms with Crippen molar-refractivity contribution in [2.45, 2.75) is 27.0 Å². The summed E-state index contributed by atoms with van der Waals surface area (Å²) in [5.41, 5.74) is 2.69. The number of aromatic nitrogens is 2. The third kappa shape index (κ3) is 5.04. The van der Waals surface area contributed by atoms with E-state index in [1.165, 1.54) is 5.39 Å². The van der Waals surface area contributed by atoms with Gasteiger partial charge < -0.3 is 14.2 Å². The maximum atomic E-state index is 13.6. The molecule has 0 saturated heterocycles. The second-order valence-electron chi connectivity index (χ2n) is 9.13. The Morgan fingerprint density at radius 3 is 2.40 bits per heavy atom. The Morgan fingerprint density at radius 2 is 1.60 bits per heavy atom. The van der Waals surface area contributed by atoms with E-state index in [0.717, 1.165) is 33.7 Å². The molecule has 1 amide bonds. The van der Waals surface area contributed by atoms with E-state index in [2.05, 4.69) is 32.0 Å². The third-order valence-corrected chi connectivity index (χ3v) is 6.03. The van der Waals surface area contributed by atoms with Crippen LogP contribution in [0.5, 0.6) is 5.75 Å². The van der Waals surface area contributed by atoms with E-state index in [0.29, 0.717) is 12.5 Å². The first-order valence-electron chi connectivity index (χ1n) is 12.0. The average Bonchev–Trinajstić information content (AvgIpc) is 3.23. The highest BCUT2D eigenvalue weighted by Gasteiger charge is 2.21. The van der Waals surface area contributed by atoms with Gasteiger partial charge in [-0.3, -0.25) is 4.79 Å². The molecule has 0 bridgehead atoms. The molecule has 0 fully saturated rings. The summed E-state index contributed by atoms with van der Waals surface area (Å²) in [6.07, 6.45) is 0. The van der Waals surface area contributed by atoms with Crippen LogP contribution in [0.3, 0.4) is 0 Å². The van der Waals surface area contributed by atoms with Crippen LogP contribution >= 0.6 is 0 Å². The minimum absolute atomic E-state index is 0.0278. The molecule has 0 aliphatic carbocycles. The van der Waals surface area contributed by atoms with Gasteiger partial charge >= 0.3 is 0 Å². The molecule has 5 aromatic rings. The van der Waals surface area contributed by atoms with Crippen LogP contribution in [-0.2, 0) is 17.9 Å². The average molecular weight is 464 g/mol. The van der Waals surface area contributed by atoms with Gasteiger partial charge in [-0.2, -0.15) is 0 Å². The number of benzene rings is 4. The topological polar surface area (TPSA) is 47.4 Å². The van der Waals surface area contributed by atoms with E-state index in [1.807, 2.05) is 88.3 Å². The molecule has 0 atom stereocenters. The smallest absolute Gasteiger partial charge is 0.246 e. The van der Waals surface area contributed by atoms with E-state index in [1.54, 1.807) is 0 Å². The summed E-state index contributed by atoms with van der Waals surface area (Å²) in [6, 6.07) is 32.0. The van der Waals surface area contributed by atoms with Crippen molar-refractivity contribution in [2.75, 3.05) is 11.4 Å². The van der Waals surface area contributed by atoms with Gasteiger partial charge in [-0.05, 0) is 53.1 Å². The Morgan fingerprint density at radius 1 is 0.886 bits per heavy atom. The zero-order valence-electron chi connectivity index (χ0n) is 20.1. The minimum atomic E-state index is 0.0278. The van der Waals surface area contributed by atoms with Gasteiger partial charge in [0.25, 0.3) is 0 Å². The standard InChI is InChI=1S/C30H29N3O2/c1-22(2)19-32(25-12-4-3-5-13-25)30(34)20-33-28-15-9-8-14-27(28)31-29(33)21-35-26-17-16-23-10-6-7-11-24(23)18-26/h3-18,22H,19-21H2,1-2H3. The first kappa shape index (κ1) is 22.7. The van der Waals surface area contributed by atoms with E-state index in [-0.39, 0.29) is 19.1 Å². The zero-order chi connectivity index (χ0) is 24.2. The minimum Gasteiger partial charge on any atom is -0.486 e. The number of para-hydroxylation sites is 3. The number of hydrogen-bond donors (Lipinski definition) is 0. The van der Waals surface area contributed by atoms with Crippen LogP contribution in [0, 0.1) is 5.92 Å². The van der Waals surface area contributed by atoms with Crippen molar-refractivity contribution in [3.63, 3.8) is 0 Å². The number of imidazole rings is 1. The molecule has 5 rings (SSSR count). The molecule has 5 heteroatoms. The van der Waals surface area contributed by atoms with Gasteiger partial charge in [0.15, 0.2) is 0 Å². The fraction of sp³-hybridized carbons (Fsp3) is 0.200. The van der Waals surface area contributed by atoms with E-state index in [4.69, 9.17) is 9.72 Å². The number of nitrogens with zero attached hydrogens (tertiary/aromatic N) is 3. The van der Waals surface area contributed by atoms with Crippen molar-refractivity contribution < 1.29 is 9.53 Å². The molecule has 1 aromatic heterocycles. The number of rotatable bonds is 8. The number of anilines is 1. The monoisotopic (exact) mass is 463 g/mol. The Kier molecular flexibility index (Phi) is 6.49. The normalized spacial score (nSPS) is 11.3. The highest BCUT2D eigenvalue weighted by atomic mass is 16.5. The molecule has 0 radical (unpaired) electrons. The van der Waals surface area contributed by atoms with E-state index in [9.17, 15) is 4.79 Å². The quantitative estimate of drug-likeness (QED) is 0.265. The maximum absolute atomic E-state index is 13.6. The van der Waals surface area contributed by atoms with Gasteiger partial charge in [-0.1, -0.05) is 74.5 Å². The number of ether oxygens (including phenoxy) is 1. The Bertz CT molecular complexity index is 1460. The number of carbonyl (C=O) groups excluding carboxylic acids is 1. The van der Waals surface area contributed by atoms with Crippen LogP contribution < -0.4 is 9.64 Å². The number of hydrogen-bond acceptors (Lipinski definition) is 3. The lowest BCUT2D eigenvalue weighted by atomic mass is 10.1. The van der Waals surface area contributed by atoms with Gasteiger partial charge in [0, 0.05) is 12.2 Å². The van der Waals surface area contributed by atoms with Gasteiger partial charge in [0.05, 0.1) is 11.0 Å². The molecule has 0 aliphatic rings. The molecular formula is C30H29N3O2. The summed E-state index contributed by atoms with van der Waals surface area (Å²) >= 11 is 0. The number of amides is 1. The predicted molar refractivity (Wildman–Crippen MR) is 142 cm³/mol. The summed E-state index contributed by atoms with van der Waals surface area (Å²) in [4.78, 5) is 20.3. The lowest BCUT2D eigenvalue weighted by Crippen LogP contribution is -2.37. The molecule has 0 unspecified atom stereocenters. The molecule has 5 nitrogen and oxygen atoms in total. The van der Waals surface area contributed by atoms with Crippen molar-refractivity contribution in [3.8, 4) is 5.75 Å². The highest BCUT2D eigenvalue weighted by Crippen LogP contribution is 2.23. The first-order valence-corrected chi connectivity index (χ1v) is 12.0. The van der Waals surface area contributed by atoms with Gasteiger partial charge in [-0.15, -0.1) is 0 Å². The van der Waals surface area contributed by atoms with E-state index >= 15 is 0 Å². The number of fused-ring (bicyclic) bond motifs is 2. The van der Waals surface area contributed by atoms with Crippen LogP contribution in [0.15, 0.2) is 97.1 Å². The molecule has 1 heterocycles. The maximum Gasteiger partial charge on any atom is 0.246 e. The van der Waals surface area contributed by atoms with Crippen LogP contribution in [0.2, 0.25) is 0 Å². The van der Waals surface area contributed by atoms with Gasteiger partial charge in [0.1, 0.15) is 24.7 Å². The Labute approximate surface area is 205 Å². The largest absolute Gasteiger partial charge is 0.486 e. The first-order chi connectivity index (χ1) is 17.1. The van der Waals surface area contributed by atoms with E-state index < -0.39 is 0 Å². The second-order valence-corrected chi connectivity index (χ2v) is 9.13. The molecule has 176 valence electrons. The van der Waals surface area contributed by atoms with Crippen molar-refractivity contribution in [1.82, 2.24) is 9.55 Å². The summed E-state index contributed by atoms with van der Waals surface area (Å²) in [5, 5.41) is 2.30. The van der Waals surface area contributed by atoms with Crippen molar-refractivity contribution in [1.29, 1.82) is 0 Å². The predicted octanol–water partition coefficient (Wildman–Crippen LogP) is 6.46. The third-order valence-electron chi connectivity index (χ3n) is 6.03.